The molecule has 1 fully saturated rings. The molecule has 2 nitrogen and oxygen atoms in total. The van der Waals surface area contributed by atoms with Crippen LogP contribution in [0.15, 0.2) is 16.7 Å². The predicted octanol–water partition coefficient (Wildman–Crippen LogP) is 2.62. The summed E-state index contributed by atoms with van der Waals surface area (Å²) in [4.78, 5) is 0. The lowest BCUT2D eigenvalue weighted by Gasteiger charge is -2.10. The van der Waals surface area contributed by atoms with Gasteiger partial charge in [-0.05, 0) is 25.8 Å². The Morgan fingerprint density at radius 1 is 1.46 bits per heavy atom. The Kier molecular flexibility index (Phi) is 2.69. The zero-order valence-corrected chi connectivity index (χ0v) is 8.18. The van der Waals surface area contributed by atoms with Gasteiger partial charge in [-0.15, -0.1) is 0 Å². The van der Waals surface area contributed by atoms with Crippen molar-refractivity contribution in [2.45, 2.75) is 45.2 Å². The Hall–Kier alpha value is -0.760. The molecular weight excluding hydrogens is 162 g/mol. The maximum Gasteiger partial charge on any atom is 0.105 e. The van der Waals surface area contributed by atoms with Crippen molar-refractivity contribution in [3.8, 4) is 0 Å². The van der Waals surface area contributed by atoms with Gasteiger partial charge in [0, 0.05) is 18.2 Å². The zero-order valence-electron chi connectivity index (χ0n) is 8.18. The van der Waals surface area contributed by atoms with E-state index in [1.54, 1.807) is 6.26 Å². The maximum atomic E-state index is 5.24. The van der Waals surface area contributed by atoms with Crippen LogP contribution in [-0.2, 0) is 6.54 Å². The number of nitrogens with one attached hydrogen (secondary N) is 1. The lowest BCUT2D eigenvalue weighted by molar-refractivity contribution is 0.503. The van der Waals surface area contributed by atoms with Gasteiger partial charge in [0.1, 0.15) is 5.76 Å². The average Bonchev–Trinajstić information content (AvgIpc) is 2.72. The summed E-state index contributed by atoms with van der Waals surface area (Å²) in [5, 5.41) is 3.56. The van der Waals surface area contributed by atoms with Gasteiger partial charge in [0.25, 0.3) is 0 Å². The lowest BCUT2D eigenvalue weighted by Crippen LogP contribution is -2.25. The van der Waals surface area contributed by atoms with E-state index in [1.807, 2.05) is 6.92 Å². The number of furan rings is 1. The second-order valence-electron chi connectivity index (χ2n) is 3.86. The molecule has 0 amide bonds. The molecule has 0 saturated heterocycles. The number of hydrogen-bond acceptors (Lipinski definition) is 2. The van der Waals surface area contributed by atoms with Crippen molar-refractivity contribution in [3.05, 3.63) is 23.7 Å². The van der Waals surface area contributed by atoms with E-state index < -0.39 is 0 Å². The van der Waals surface area contributed by atoms with Crippen LogP contribution in [0.5, 0.6) is 0 Å². The minimum atomic E-state index is 0.745. The molecule has 1 aliphatic rings. The van der Waals surface area contributed by atoms with Crippen LogP contribution in [-0.4, -0.2) is 6.04 Å². The summed E-state index contributed by atoms with van der Waals surface area (Å²) < 4.78 is 5.24. The van der Waals surface area contributed by atoms with Crippen molar-refractivity contribution in [2.24, 2.45) is 0 Å². The maximum absolute atomic E-state index is 5.24. The largest absolute Gasteiger partial charge is 0.469 e. The molecule has 1 aromatic heterocycles. The topological polar surface area (TPSA) is 25.2 Å². The van der Waals surface area contributed by atoms with Crippen molar-refractivity contribution in [1.82, 2.24) is 5.32 Å². The Balaban J connectivity index is 1.82. The van der Waals surface area contributed by atoms with E-state index in [0.29, 0.717) is 0 Å². The van der Waals surface area contributed by atoms with Crippen molar-refractivity contribution in [3.63, 3.8) is 0 Å². The van der Waals surface area contributed by atoms with Crippen molar-refractivity contribution in [1.29, 1.82) is 0 Å². The van der Waals surface area contributed by atoms with Crippen molar-refractivity contribution < 1.29 is 4.42 Å². The summed E-state index contributed by atoms with van der Waals surface area (Å²) in [5.74, 6) is 1.05. The second kappa shape index (κ2) is 3.97. The molecule has 1 aliphatic carbocycles. The second-order valence-corrected chi connectivity index (χ2v) is 3.86. The fourth-order valence-electron chi connectivity index (χ4n) is 1.98. The molecule has 1 aromatic rings. The van der Waals surface area contributed by atoms with Gasteiger partial charge in [0.15, 0.2) is 0 Å². The summed E-state index contributed by atoms with van der Waals surface area (Å²) in [7, 11) is 0. The summed E-state index contributed by atoms with van der Waals surface area (Å²) >= 11 is 0. The highest BCUT2D eigenvalue weighted by atomic mass is 16.3. The average molecular weight is 179 g/mol. The molecule has 0 bridgehead atoms. The summed E-state index contributed by atoms with van der Waals surface area (Å²) in [5.41, 5.74) is 1.30. The highest BCUT2D eigenvalue weighted by Crippen LogP contribution is 2.18. The third kappa shape index (κ3) is 2.13. The molecule has 0 aliphatic heterocycles. The van der Waals surface area contributed by atoms with Gasteiger partial charge in [-0.2, -0.15) is 0 Å². The first-order valence-electron chi connectivity index (χ1n) is 5.12. The van der Waals surface area contributed by atoms with Crippen molar-refractivity contribution >= 4 is 0 Å². The highest BCUT2D eigenvalue weighted by Gasteiger charge is 2.14. The standard InChI is InChI=1S/C11H17NO/c1-9-10(6-7-13-9)8-12-11-4-2-3-5-11/h6-7,11-12H,2-5,8H2,1H3. The van der Waals surface area contributed by atoms with Crippen LogP contribution in [0.25, 0.3) is 0 Å². The van der Waals surface area contributed by atoms with E-state index in [-0.39, 0.29) is 0 Å². The fourth-order valence-corrected chi connectivity index (χ4v) is 1.98. The van der Waals surface area contributed by atoms with E-state index in [0.717, 1.165) is 18.3 Å². The Morgan fingerprint density at radius 2 is 2.23 bits per heavy atom. The molecule has 72 valence electrons. The van der Waals surface area contributed by atoms with Crippen LogP contribution in [0, 0.1) is 6.92 Å². The summed E-state index contributed by atoms with van der Waals surface area (Å²) in [6.45, 7) is 2.98. The van der Waals surface area contributed by atoms with E-state index >= 15 is 0 Å². The Bertz CT molecular complexity index is 261. The van der Waals surface area contributed by atoms with Gasteiger partial charge < -0.3 is 9.73 Å². The van der Waals surface area contributed by atoms with Gasteiger partial charge in [0.05, 0.1) is 6.26 Å². The van der Waals surface area contributed by atoms with Crippen molar-refractivity contribution in [2.75, 3.05) is 0 Å². The van der Waals surface area contributed by atoms with Crippen LogP contribution in [0.1, 0.15) is 37.0 Å². The molecule has 1 saturated carbocycles. The normalized spacial score (nSPS) is 18.2. The monoisotopic (exact) mass is 179 g/mol. The third-order valence-electron chi connectivity index (χ3n) is 2.90. The van der Waals surface area contributed by atoms with Crippen LogP contribution in [0.3, 0.4) is 0 Å². The van der Waals surface area contributed by atoms with E-state index in [1.165, 1.54) is 31.2 Å². The predicted molar refractivity (Wildman–Crippen MR) is 52.5 cm³/mol. The van der Waals surface area contributed by atoms with Crippen LogP contribution in [0.2, 0.25) is 0 Å². The lowest BCUT2D eigenvalue weighted by atomic mass is 10.2. The van der Waals surface area contributed by atoms with Gasteiger partial charge in [0.2, 0.25) is 0 Å². The number of aryl methyl sites for hydroxylation is 1. The molecule has 1 N–H and O–H groups in total. The molecule has 0 atom stereocenters. The molecule has 1 heterocycles. The van der Waals surface area contributed by atoms with E-state index in [2.05, 4.69) is 11.4 Å². The fraction of sp³-hybridized carbons (Fsp3) is 0.636. The number of hydrogen-bond donors (Lipinski definition) is 1. The third-order valence-corrected chi connectivity index (χ3v) is 2.90. The summed E-state index contributed by atoms with van der Waals surface area (Å²) in [6, 6.07) is 2.80. The Morgan fingerprint density at radius 3 is 2.85 bits per heavy atom. The molecule has 0 radical (unpaired) electrons. The molecule has 2 rings (SSSR count). The van der Waals surface area contributed by atoms with Gasteiger partial charge >= 0.3 is 0 Å². The minimum Gasteiger partial charge on any atom is -0.469 e. The first kappa shape index (κ1) is 8.82. The van der Waals surface area contributed by atoms with Gasteiger partial charge in [-0.1, -0.05) is 12.8 Å². The zero-order chi connectivity index (χ0) is 9.10. The van der Waals surface area contributed by atoms with Gasteiger partial charge in [-0.3, -0.25) is 0 Å². The highest BCUT2D eigenvalue weighted by molar-refractivity contribution is 5.15. The van der Waals surface area contributed by atoms with Gasteiger partial charge in [-0.25, -0.2) is 0 Å². The first-order chi connectivity index (χ1) is 6.36. The van der Waals surface area contributed by atoms with E-state index in [4.69, 9.17) is 4.42 Å². The molecule has 0 spiro atoms. The summed E-state index contributed by atoms with van der Waals surface area (Å²) in [6.07, 6.45) is 7.23. The minimum absolute atomic E-state index is 0.745. The molecule has 0 unspecified atom stereocenters. The van der Waals surface area contributed by atoms with Crippen LogP contribution >= 0.6 is 0 Å². The number of rotatable bonds is 3. The molecular formula is C11H17NO. The molecule has 13 heavy (non-hydrogen) atoms. The molecule has 2 heteroatoms. The molecule has 0 aromatic carbocycles. The Labute approximate surface area is 79.3 Å². The van der Waals surface area contributed by atoms with E-state index in [9.17, 15) is 0 Å². The quantitative estimate of drug-likeness (QED) is 0.771. The van der Waals surface area contributed by atoms with Crippen LogP contribution in [0.4, 0.5) is 0 Å². The SMILES string of the molecule is Cc1occc1CNC1CCCC1. The smallest absolute Gasteiger partial charge is 0.105 e. The van der Waals surface area contributed by atoms with Crippen LogP contribution < -0.4 is 5.32 Å². The first-order valence-corrected chi connectivity index (χ1v) is 5.12.